The molecule has 1 amide bonds. The Hall–Kier alpha value is -2.06. The minimum Gasteiger partial charge on any atom is -0.398 e. The smallest absolute Gasteiger partial charge is 0.234 e. The number of carbonyl (C=O) groups excluding carboxylic acids is 1. The minimum atomic E-state index is -0.0254. The number of anilines is 1. The highest BCUT2D eigenvalue weighted by atomic mass is 16.2. The van der Waals surface area contributed by atoms with Crippen molar-refractivity contribution in [3.05, 3.63) is 29.3 Å². The molecule has 0 aromatic heterocycles. The third kappa shape index (κ3) is 3.46. The maximum absolute atomic E-state index is 11.7. The van der Waals surface area contributed by atoms with Gasteiger partial charge in [0.1, 0.15) is 0 Å². The molecule has 19 heavy (non-hydrogen) atoms. The molecular formula is C14H18N4O. The number of hydrogen-bond acceptors (Lipinski definition) is 4. The van der Waals surface area contributed by atoms with Crippen molar-refractivity contribution in [2.75, 3.05) is 25.4 Å². The molecule has 1 aromatic rings. The van der Waals surface area contributed by atoms with Crippen molar-refractivity contribution in [1.29, 1.82) is 5.26 Å². The topological polar surface area (TPSA) is 82.2 Å². The Morgan fingerprint density at radius 2 is 2.37 bits per heavy atom. The molecule has 1 heterocycles. The van der Waals surface area contributed by atoms with E-state index in [1.807, 2.05) is 18.2 Å². The number of nitrogens with two attached hydrogens (primary N) is 1. The number of nitrogens with zero attached hydrogens (tertiary/aromatic N) is 2. The third-order valence-corrected chi connectivity index (χ3v) is 3.31. The molecule has 0 radical (unpaired) electrons. The maximum Gasteiger partial charge on any atom is 0.234 e. The van der Waals surface area contributed by atoms with Crippen molar-refractivity contribution in [3.8, 4) is 6.07 Å². The molecule has 1 aliphatic heterocycles. The van der Waals surface area contributed by atoms with Crippen LogP contribution in [-0.4, -0.2) is 30.4 Å². The van der Waals surface area contributed by atoms with Crippen LogP contribution in [0.4, 0.5) is 5.69 Å². The molecule has 0 saturated heterocycles. The number of fused-ring (bicyclic) bond motifs is 1. The van der Waals surface area contributed by atoms with Crippen molar-refractivity contribution in [2.45, 2.75) is 19.4 Å². The lowest BCUT2D eigenvalue weighted by atomic mass is 9.98. The summed E-state index contributed by atoms with van der Waals surface area (Å²) in [5, 5.41) is 11.2. The van der Waals surface area contributed by atoms with Gasteiger partial charge in [-0.05, 0) is 23.6 Å². The van der Waals surface area contributed by atoms with Gasteiger partial charge in [-0.2, -0.15) is 5.26 Å². The molecule has 1 aliphatic rings. The van der Waals surface area contributed by atoms with E-state index in [0.717, 1.165) is 25.2 Å². The summed E-state index contributed by atoms with van der Waals surface area (Å²) >= 11 is 0. The van der Waals surface area contributed by atoms with Crippen molar-refractivity contribution in [3.63, 3.8) is 0 Å². The average molecular weight is 258 g/mol. The highest BCUT2D eigenvalue weighted by Gasteiger charge is 2.19. The highest BCUT2D eigenvalue weighted by molar-refractivity contribution is 5.78. The lowest BCUT2D eigenvalue weighted by Crippen LogP contribution is -2.40. The van der Waals surface area contributed by atoms with Crippen LogP contribution in [0.1, 0.15) is 17.5 Å². The Morgan fingerprint density at radius 3 is 3.16 bits per heavy atom. The van der Waals surface area contributed by atoms with Crippen LogP contribution in [0.2, 0.25) is 0 Å². The van der Waals surface area contributed by atoms with Crippen molar-refractivity contribution in [2.24, 2.45) is 0 Å². The molecule has 0 aliphatic carbocycles. The van der Waals surface area contributed by atoms with E-state index in [1.54, 1.807) is 0 Å². The first-order chi connectivity index (χ1) is 9.20. The normalized spacial score (nSPS) is 14.5. The molecule has 5 nitrogen and oxygen atoms in total. The Morgan fingerprint density at radius 1 is 1.53 bits per heavy atom. The van der Waals surface area contributed by atoms with Gasteiger partial charge >= 0.3 is 0 Å². The van der Waals surface area contributed by atoms with Crippen LogP contribution in [0.15, 0.2) is 18.2 Å². The number of hydrogen-bond donors (Lipinski definition) is 2. The van der Waals surface area contributed by atoms with Crippen LogP contribution in [0.5, 0.6) is 0 Å². The van der Waals surface area contributed by atoms with E-state index in [2.05, 4.69) is 16.3 Å². The zero-order chi connectivity index (χ0) is 13.7. The van der Waals surface area contributed by atoms with Gasteiger partial charge in [-0.15, -0.1) is 0 Å². The minimum absolute atomic E-state index is 0.0254. The van der Waals surface area contributed by atoms with Crippen LogP contribution in [0, 0.1) is 11.3 Å². The fourth-order valence-electron chi connectivity index (χ4n) is 2.35. The Bertz CT molecular complexity index is 507. The summed E-state index contributed by atoms with van der Waals surface area (Å²) in [5.41, 5.74) is 9.20. The summed E-state index contributed by atoms with van der Waals surface area (Å²) in [6, 6.07) is 7.93. The van der Waals surface area contributed by atoms with Crippen LogP contribution in [0.25, 0.3) is 0 Å². The van der Waals surface area contributed by atoms with E-state index in [4.69, 9.17) is 11.0 Å². The predicted molar refractivity (Wildman–Crippen MR) is 73.1 cm³/mol. The Labute approximate surface area is 113 Å². The summed E-state index contributed by atoms with van der Waals surface area (Å²) in [5.74, 6) is -0.0254. The summed E-state index contributed by atoms with van der Waals surface area (Å²) in [6.07, 6.45) is 1.23. The fourth-order valence-corrected chi connectivity index (χ4v) is 2.35. The second-order valence-electron chi connectivity index (χ2n) is 4.70. The monoisotopic (exact) mass is 258 g/mol. The lowest BCUT2D eigenvalue weighted by Gasteiger charge is -2.28. The number of amides is 1. The van der Waals surface area contributed by atoms with Crippen LogP contribution < -0.4 is 11.1 Å². The first-order valence-electron chi connectivity index (χ1n) is 6.43. The van der Waals surface area contributed by atoms with Gasteiger partial charge in [-0.25, -0.2) is 0 Å². The van der Waals surface area contributed by atoms with Gasteiger partial charge in [0.25, 0.3) is 0 Å². The van der Waals surface area contributed by atoms with Crippen molar-refractivity contribution in [1.82, 2.24) is 10.2 Å². The van der Waals surface area contributed by atoms with Gasteiger partial charge < -0.3 is 11.1 Å². The molecule has 0 bridgehead atoms. The molecule has 0 fully saturated rings. The highest BCUT2D eigenvalue weighted by Crippen LogP contribution is 2.23. The molecule has 5 heteroatoms. The second kappa shape index (κ2) is 6.21. The Kier molecular flexibility index (Phi) is 4.37. The van der Waals surface area contributed by atoms with E-state index in [0.29, 0.717) is 19.5 Å². The van der Waals surface area contributed by atoms with E-state index in [9.17, 15) is 4.79 Å². The molecule has 0 atom stereocenters. The van der Waals surface area contributed by atoms with Crippen LogP contribution >= 0.6 is 0 Å². The summed E-state index contributed by atoms with van der Waals surface area (Å²) in [7, 11) is 0. The van der Waals surface area contributed by atoms with Gasteiger partial charge in [-0.3, -0.25) is 9.69 Å². The maximum atomic E-state index is 11.7. The van der Waals surface area contributed by atoms with Crippen molar-refractivity contribution >= 4 is 11.6 Å². The summed E-state index contributed by atoms with van der Waals surface area (Å²) in [6.45, 7) is 2.39. The zero-order valence-electron chi connectivity index (χ0n) is 10.9. The number of rotatable bonds is 4. The van der Waals surface area contributed by atoms with Crippen molar-refractivity contribution < 1.29 is 4.79 Å². The third-order valence-electron chi connectivity index (χ3n) is 3.31. The number of benzene rings is 1. The van der Waals surface area contributed by atoms with E-state index >= 15 is 0 Å². The molecular weight excluding hydrogens is 240 g/mol. The van der Waals surface area contributed by atoms with Gasteiger partial charge in [0.2, 0.25) is 5.91 Å². The quantitative estimate of drug-likeness (QED) is 0.614. The van der Waals surface area contributed by atoms with Gasteiger partial charge in [0, 0.05) is 25.3 Å². The average Bonchev–Trinajstić information content (AvgIpc) is 2.39. The molecule has 0 saturated carbocycles. The van der Waals surface area contributed by atoms with Crippen LogP contribution in [-0.2, 0) is 17.8 Å². The molecule has 1 aromatic carbocycles. The standard InChI is InChI=1S/C14H18N4O/c15-6-2-7-17-14(19)10-18-8-5-12-11(9-18)3-1-4-13(12)16/h1,3-4H,2,5,7-10,16H2,(H,17,19). The lowest BCUT2D eigenvalue weighted by molar-refractivity contribution is -0.122. The largest absolute Gasteiger partial charge is 0.398 e. The van der Waals surface area contributed by atoms with Gasteiger partial charge in [-0.1, -0.05) is 12.1 Å². The van der Waals surface area contributed by atoms with E-state index in [1.165, 1.54) is 11.1 Å². The number of nitrogens with one attached hydrogen (secondary N) is 1. The summed E-state index contributed by atoms with van der Waals surface area (Å²) in [4.78, 5) is 13.8. The first kappa shape index (κ1) is 13.4. The van der Waals surface area contributed by atoms with E-state index < -0.39 is 0 Å². The fraction of sp³-hybridized carbons (Fsp3) is 0.429. The summed E-state index contributed by atoms with van der Waals surface area (Å²) < 4.78 is 0. The number of nitrogen functional groups attached to an aromatic ring is 1. The zero-order valence-corrected chi connectivity index (χ0v) is 10.9. The molecule has 2 rings (SSSR count). The first-order valence-corrected chi connectivity index (χ1v) is 6.43. The SMILES string of the molecule is N#CCCNC(=O)CN1CCc2c(N)cccc2C1. The predicted octanol–water partition coefficient (Wildman–Crippen LogP) is 0.657. The Balaban J connectivity index is 1.88. The number of nitriles is 1. The van der Waals surface area contributed by atoms with Gasteiger partial charge in [0.15, 0.2) is 0 Å². The molecule has 3 N–H and O–H groups in total. The van der Waals surface area contributed by atoms with Crippen LogP contribution in [0.3, 0.4) is 0 Å². The molecule has 0 spiro atoms. The van der Waals surface area contributed by atoms with Gasteiger partial charge in [0.05, 0.1) is 19.0 Å². The van der Waals surface area contributed by atoms with E-state index in [-0.39, 0.29) is 5.91 Å². The number of carbonyl (C=O) groups is 1. The molecule has 100 valence electrons. The second-order valence-corrected chi connectivity index (χ2v) is 4.70. The molecule has 0 unspecified atom stereocenters.